The van der Waals surface area contributed by atoms with Crippen LogP contribution in [0.15, 0.2) is 75.9 Å². The molecule has 0 unspecified atom stereocenters. The number of allylic oxidation sites excluding steroid dienone is 3. The van der Waals surface area contributed by atoms with Crippen LogP contribution in [0, 0.1) is 0 Å². The average molecular weight is 662 g/mol. The maximum Gasteiger partial charge on any atom is 0.336 e. The quantitative estimate of drug-likeness (QED) is 0.208. The molecule has 3 N–H and O–H groups in total. The molecular formula is C35H37N2O9S+. The molecule has 11 nitrogen and oxygen atoms in total. The molecule has 1 aliphatic rings. The Hall–Kier alpha value is -4.91. The number of carbonyl (C=O) groups is 3. The Labute approximate surface area is 275 Å². The highest BCUT2D eigenvalue weighted by molar-refractivity contribution is 7.16. The van der Waals surface area contributed by atoms with Crippen molar-refractivity contribution in [2.75, 3.05) is 58.5 Å². The molecule has 0 fully saturated rings. The van der Waals surface area contributed by atoms with Gasteiger partial charge in [-0.25, -0.2) is 19.0 Å². The van der Waals surface area contributed by atoms with Crippen LogP contribution >= 0.6 is 11.3 Å². The molecule has 47 heavy (non-hydrogen) atoms. The zero-order valence-electron chi connectivity index (χ0n) is 26.6. The molecule has 4 rings (SSSR count). The number of hydrogen-bond donors (Lipinski definition) is 3. The molecule has 3 aromatic rings. The Morgan fingerprint density at radius 1 is 0.872 bits per heavy atom. The van der Waals surface area contributed by atoms with E-state index in [0.29, 0.717) is 55.5 Å². The Kier molecular flexibility index (Phi) is 11.6. The zero-order chi connectivity index (χ0) is 34.2. The molecule has 1 aliphatic carbocycles. The molecular weight excluding hydrogens is 624 g/mol. The highest BCUT2D eigenvalue weighted by atomic mass is 32.1. The number of aromatic carboxylic acids is 2. The van der Waals surface area contributed by atoms with Crippen LogP contribution in [0.3, 0.4) is 0 Å². The summed E-state index contributed by atoms with van der Waals surface area (Å²) in [5.74, 6) is -3.65. The topological polar surface area (TPSA) is 154 Å². The summed E-state index contributed by atoms with van der Waals surface area (Å²) in [7, 11) is 3.16. The van der Waals surface area contributed by atoms with Gasteiger partial charge < -0.3 is 29.7 Å². The molecule has 0 radical (unpaired) electrons. The second-order valence-electron chi connectivity index (χ2n) is 10.6. The van der Waals surface area contributed by atoms with Crippen molar-refractivity contribution in [3.8, 4) is 0 Å². The number of ether oxygens (including phenoxy) is 2. The SMILES string of the molecule is CCN(CCOC)c1ccc(/C(=C2C=C/C(=[N+](/CC)CCOC)C=C\2C(=O)O)c2csc3cc(C(=O)O)ccc3c2=O)c(C(=O)O)c1. The van der Waals surface area contributed by atoms with Gasteiger partial charge in [0, 0.05) is 71.8 Å². The fourth-order valence-corrected chi connectivity index (χ4v) is 6.41. The van der Waals surface area contributed by atoms with Crippen molar-refractivity contribution in [1.29, 1.82) is 0 Å². The highest BCUT2D eigenvalue weighted by Crippen LogP contribution is 2.37. The smallest absolute Gasteiger partial charge is 0.336 e. The predicted molar refractivity (Wildman–Crippen MR) is 182 cm³/mol. The van der Waals surface area contributed by atoms with Crippen LogP contribution in [0.4, 0.5) is 5.69 Å². The van der Waals surface area contributed by atoms with Crippen LogP contribution in [0.25, 0.3) is 15.7 Å². The third kappa shape index (κ3) is 7.57. The lowest BCUT2D eigenvalue weighted by Gasteiger charge is -2.24. The molecule has 0 saturated heterocycles. The largest absolute Gasteiger partial charge is 0.478 e. The summed E-state index contributed by atoms with van der Waals surface area (Å²) < 4.78 is 12.8. The number of carboxylic acid groups (broad SMARTS) is 3. The number of aliphatic carboxylic acids is 1. The van der Waals surface area contributed by atoms with E-state index in [9.17, 15) is 34.5 Å². The van der Waals surface area contributed by atoms with Gasteiger partial charge in [-0.3, -0.25) is 4.79 Å². The van der Waals surface area contributed by atoms with Gasteiger partial charge in [-0.1, -0.05) is 6.07 Å². The predicted octanol–water partition coefficient (Wildman–Crippen LogP) is 4.63. The summed E-state index contributed by atoms with van der Waals surface area (Å²) in [6.45, 7) is 6.90. The Bertz CT molecular complexity index is 1900. The van der Waals surface area contributed by atoms with Gasteiger partial charge in [-0.05, 0) is 61.4 Å². The van der Waals surface area contributed by atoms with Crippen molar-refractivity contribution >= 4 is 56.3 Å². The molecule has 12 heteroatoms. The molecule has 0 bridgehead atoms. The number of nitrogens with zero attached hydrogens (tertiary/aromatic N) is 2. The van der Waals surface area contributed by atoms with Crippen LogP contribution in [-0.4, -0.2) is 97.1 Å². The second-order valence-corrected chi connectivity index (χ2v) is 11.5. The molecule has 246 valence electrons. The number of likely N-dealkylation sites (N-methyl/N-ethyl adjacent to an activating group) is 2. The number of rotatable bonds is 14. The summed E-state index contributed by atoms with van der Waals surface area (Å²) in [4.78, 5) is 53.4. The Balaban J connectivity index is 2.09. The van der Waals surface area contributed by atoms with E-state index in [1.165, 1.54) is 35.7 Å². The summed E-state index contributed by atoms with van der Waals surface area (Å²) in [5.41, 5.74) is 1.11. The van der Waals surface area contributed by atoms with Gasteiger partial charge in [0.1, 0.15) is 13.2 Å². The summed E-state index contributed by atoms with van der Waals surface area (Å²) in [5, 5.41) is 32.2. The third-order valence-corrected chi connectivity index (χ3v) is 8.87. The molecule has 0 spiro atoms. The lowest BCUT2D eigenvalue weighted by Crippen LogP contribution is -2.27. The number of hydrogen-bond acceptors (Lipinski definition) is 8. The van der Waals surface area contributed by atoms with Gasteiger partial charge in [0.05, 0.1) is 23.3 Å². The lowest BCUT2D eigenvalue weighted by atomic mass is 9.85. The number of fused-ring (bicyclic) bond motifs is 1. The van der Waals surface area contributed by atoms with Crippen molar-refractivity contribution in [2.24, 2.45) is 0 Å². The highest BCUT2D eigenvalue weighted by Gasteiger charge is 2.29. The van der Waals surface area contributed by atoms with E-state index in [4.69, 9.17) is 9.47 Å². The minimum atomic E-state index is -1.25. The number of carboxylic acids is 3. The third-order valence-electron chi connectivity index (χ3n) is 7.92. The Morgan fingerprint density at radius 2 is 1.62 bits per heavy atom. The minimum Gasteiger partial charge on any atom is -0.478 e. The minimum absolute atomic E-state index is 0.0144. The van der Waals surface area contributed by atoms with Crippen molar-refractivity contribution in [3.05, 3.63) is 104 Å². The van der Waals surface area contributed by atoms with Crippen molar-refractivity contribution < 1.29 is 43.8 Å². The van der Waals surface area contributed by atoms with E-state index < -0.39 is 23.3 Å². The number of benzene rings is 2. The fraction of sp³-hybridized carbons (Fsp3) is 0.286. The molecule has 0 amide bonds. The van der Waals surface area contributed by atoms with E-state index in [-0.39, 0.29) is 44.4 Å². The van der Waals surface area contributed by atoms with Crippen molar-refractivity contribution in [2.45, 2.75) is 13.8 Å². The van der Waals surface area contributed by atoms with E-state index >= 15 is 0 Å². The van der Waals surface area contributed by atoms with Gasteiger partial charge in [-0.15, -0.1) is 11.3 Å². The van der Waals surface area contributed by atoms with Crippen LogP contribution in [-0.2, 0) is 14.3 Å². The molecule has 1 heterocycles. The summed E-state index contributed by atoms with van der Waals surface area (Å²) in [6, 6.07) is 9.01. The first kappa shape index (κ1) is 35.0. The zero-order valence-corrected chi connectivity index (χ0v) is 27.4. The molecule has 0 aliphatic heterocycles. The number of anilines is 1. The first-order valence-corrected chi connectivity index (χ1v) is 15.8. The first-order valence-electron chi connectivity index (χ1n) is 15.0. The standard InChI is InChI=1S/C35H36N2O9S/c1-5-36(13-15-45-3)22-8-11-24(27(18-22)34(41)42)31(29-20-47-30-17-21(33(39)40)7-10-26(30)32(29)38)25-12-9-23(19-28(25)35(43)44)37(6-2)14-16-46-4/h7-12,17-20H,5-6,13-16H2,1-4H3,(H2-,39,40,41,42,43,44)/p+1. The maximum atomic E-state index is 14.1. The van der Waals surface area contributed by atoms with Gasteiger partial charge in [-0.2, -0.15) is 0 Å². The molecule has 1 aromatic heterocycles. The lowest BCUT2D eigenvalue weighted by molar-refractivity contribution is -0.525. The monoisotopic (exact) mass is 661 g/mol. The van der Waals surface area contributed by atoms with E-state index in [1.807, 2.05) is 23.3 Å². The van der Waals surface area contributed by atoms with Crippen LogP contribution < -0.4 is 10.3 Å². The summed E-state index contributed by atoms with van der Waals surface area (Å²) >= 11 is 1.11. The average Bonchev–Trinajstić information content (AvgIpc) is 3.06. The first-order chi connectivity index (χ1) is 22.6. The normalized spacial score (nSPS) is 14.9. The van der Waals surface area contributed by atoms with Crippen LogP contribution in [0.2, 0.25) is 0 Å². The molecule has 0 saturated carbocycles. The van der Waals surface area contributed by atoms with E-state index in [2.05, 4.69) is 0 Å². The van der Waals surface area contributed by atoms with Gasteiger partial charge in [0.2, 0.25) is 5.71 Å². The van der Waals surface area contributed by atoms with Crippen molar-refractivity contribution in [1.82, 2.24) is 0 Å². The number of methoxy groups -OCH3 is 2. The fourth-order valence-electron chi connectivity index (χ4n) is 5.46. The molecule has 2 aromatic carbocycles. The molecule has 0 atom stereocenters. The van der Waals surface area contributed by atoms with Gasteiger partial charge in [0.15, 0.2) is 12.0 Å². The van der Waals surface area contributed by atoms with Gasteiger partial charge in [0.25, 0.3) is 0 Å². The van der Waals surface area contributed by atoms with Crippen LogP contribution in [0.5, 0.6) is 0 Å². The van der Waals surface area contributed by atoms with E-state index in [0.717, 1.165) is 11.3 Å². The summed E-state index contributed by atoms with van der Waals surface area (Å²) in [6.07, 6.45) is 4.86. The second kappa shape index (κ2) is 15.6. The maximum absolute atomic E-state index is 14.1. The van der Waals surface area contributed by atoms with E-state index in [1.54, 1.807) is 38.5 Å². The van der Waals surface area contributed by atoms with Crippen LogP contribution in [0.1, 0.15) is 45.7 Å². The van der Waals surface area contributed by atoms with Gasteiger partial charge >= 0.3 is 17.9 Å². The Morgan fingerprint density at radius 3 is 2.23 bits per heavy atom. The van der Waals surface area contributed by atoms with Crippen molar-refractivity contribution in [3.63, 3.8) is 0 Å².